The number of aryl methyl sites for hydroxylation is 1. The van der Waals surface area contributed by atoms with Gasteiger partial charge in [-0.2, -0.15) is 0 Å². The molecule has 0 spiro atoms. The third-order valence-corrected chi connectivity index (χ3v) is 2.52. The largest absolute Gasteiger partial charge is 0.356 e. The highest BCUT2D eigenvalue weighted by Gasteiger charge is 2.20. The highest BCUT2D eigenvalue weighted by molar-refractivity contribution is 6.18. The third kappa shape index (κ3) is 2.28. The molecule has 0 saturated heterocycles. The van der Waals surface area contributed by atoms with Crippen LogP contribution in [0.3, 0.4) is 0 Å². The van der Waals surface area contributed by atoms with Crippen LogP contribution in [0.2, 0.25) is 0 Å². The Balaban J connectivity index is 3.38. The van der Waals surface area contributed by atoms with Gasteiger partial charge in [-0.05, 0) is 31.0 Å². The molecule has 6 heteroatoms. The van der Waals surface area contributed by atoms with Crippen LogP contribution in [0.1, 0.15) is 31.8 Å². The molecule has 0 bridgehead atoms. The molecule has 0 fully saturated rings. The van der Waals surface area contributed by atoms with Crippen molar-refractivity contribution in [1.82, 2.24) is 0 Å². The molecule has 0 atom stereocenters. The Morgan fingerprint density at radius 3 is 2.12 bits per heavy atom. The predicted octanol–water partition coefficient (Wildman–Crippen LogP) is 2.92. The van der Waals surface area contributed by atoms with Crippen LogP contribution in [0, 0.1) is 13.8 Å². The summed E-state index contributed by atoms with van der Waals surface area (Å²) in [5.74, 6) is -1.45. The van der Waals surface area contributed by atoms with Gasteiger partial charge in [0, 0.05) is 0 Å². The Labute approximate surface area is 102 Å². The molecule has 1 aromatic carbocycles. The number of hydrogen-bond acceptors (Lipinski definition) is 4. The van der Waals surface area contributed by atoms with E-state index in [0.717, 1.165) is 0 Å². The first-order valence-electron chi connectivity index (χ1n) is 4.29. The van der Waals surface area contributed by atoms with Gasteiger partial charge in [0.15, 0.2) is 0 Å². The molecule has 1 aromatic rings. The van der Waals surface area contributed by atoms with Crippen molar-refractivity contribution in [3.8, 4) is 0 Å². The van der Waals surface area contributed by atoms with Crippen molar-refractivity contribution in [1.29, 1.82) is 0 Å². The van der Waals surface area contributed by atoms with E-state index in [9.17, 15) is 9.59 Å². The van der Waals surface area contributed by atoms with Gasteiger partial charge in [0.05, 0.1) is 11.1 Å². The fourth-order valence-electron chi connectivity index (χ4n) is 1.46. The summed E-state index contributed by atoms with van der Waals surface area (Å²) < 4.78 is 8.19. The van der Waals surface area contributed by atoms with Gasteiger partial charge in [-0.25, -0.2) is 9.59 Å². The second-order valence-corrected chi connectivity index (χ2v) is 3.47. The topological polar surface area (TPSA) is 52.6 Å². The van der Waals surface area contributed by atoms with E-state index in [-0.39, 0.29) is 11.1 Å². The van der Waals surface area contributed by atoms with E-state index in [1.54, 1.807) is 19.9 Å². The molecule has 0 unspecified atom stereocenters. The van der Waals surface area contributed by atoms with Crippen molar-refractivity contribution in [2.75, 3.05) is 0 Å². The third-order valence-electron chi connectivity index (χ3n) is 2.24. The van der Waals surface area contributed by atoms with Gasteiger partial charge >= 0.3 is 11.9 Å². The minimum Gasteiger partial charge on any atom is -0.343 e. The van der Waals surface area contributed by atoms with Gasteiger partial charge in [0.25, 0.3) is 0 Å². The summed E-state index contributed by atoms with van der Waals surface area (Å²) in [6, 6.07) is 3.10. The summed E-state index contributed by atoms with van der Waals surface area (Å²) >= 11 is 9.98. The van der Waals surface area contributed by atoms with Crippen molar-refractivity contribution in [3.05, 3.63) is 34.4 Å². The zero-order valence-electron chi connectivity index (χ0n) is 8.54. The van der Waals surface area contributed by atoms with Crippen LogP contribution in [0.25, 0.3) is 0 Å². The zero-order chi connectivity index (χ0) is 12.3. The molecular weight excluding hydrogens is 255 g/mol. The molecule has 86 valence electrons. The van der Waals surface area contributed by atoms with Gasteiger partial charge < -0.3 is 8.58 Å². The van der Waals surface area contributed by atoms with Crippen LogP contribution in [0.4, 0.5) is 0 Å². The van der Waals surface area contributed by atoms with Crippen LogP contribution in [0.15, 0.2) is 12.1 Å². The average Bonchev–Trinajstić information content (AvgIpc) is 2.28. The number of hydrogen-bond donors (Lipinski definition) is 0. The minimum absolute atomic E-state index is 0.192. The highest BCUT2D eigenvalue weighted by atomic mass is 35.5. The zero-order valence-corrected chi connectivity index (χ0v) is 10.1. The molecule has 0 radical (unpaired) electrons. The fourth-order valence-corrected chi connectivity index (χ4v) is 1.62. The molecule has 0 heterocycles. The Kier molecular flexibility index (Phi) is 4.15. The molecule has 0 aromatic heterocycles. The van der Waals surface area contributed by atoms with E-state index in [1.165, 1.54) is 6.07 Å². The van der Waals surface area contributed by atoms with E-state index in [0.29, 0.717) is 11.1 Å². The van der Waals surface area contributed by atoms with Crippen LogP contribution < -0.4 is 0 Å². The van der Waals surface area contributed by atoms with E-state index in [4.69, 9.17) is 23.7 Å². The van der Waals surface area contributed by atoms with E-state index in [2.05, 4.69) is 8.58 Å². The van der Waals surface area contributed by atoms with E-state index in [1.807, 2.05) is 0 Å². The SMILES string of the molecule is Cc1ccc(C(=O)OCl)c(C)c1C(=O)OCl. The van der Waals surface area contributed by atoms with Crippen molar-refractivity contribution in [2.24, 2.45) is 0 Å². The van der Waals surface area contributed by atoms with Gasteiger partial charge in [-0.15, -0.1) is 0 Å². The number of halogens is 2. The lowest BCUT2D eigenvalue weighted by Gasteiger charge is -2.09. The predicted molar refractivity (Wildman–Crippen MR) is 58.5 cm³/mol. The molecule has 0 amide bonds. The second-order valence-electron chi connectivity index (χ2n) is 3.16. The summed E-state index contributed by atoms with van der Waals surface area (Å²) in [5, 5.41) is 0. The maximum Gasteiger partial charge on any atom is 0.356 e. The Morgan fingerprint density at radius 1 is 1.06 bits per heavy atom. The first-order chi connectivity index (χ1) is 7.52. The molecular formula is C10H8Cl2O4. The lowest BCUT2D eigenvalue weighted by atomic mass is 9.98. The summed E-state index contributed by atoms with van der Waals surface area (Å²) in [6.45, 7) is 3.28. The lowest BCUT2D eigenvalue weighted by Crippen LogP contribution is -2.10. The Bertz CT molecular complexity index is 443. The van der Waals surface area contributed by atoms with Gasteiger partial charge in [0.2, 0.25) is 0 Å². The first-order valence-corrected chi connectivity index (χ1v) is 4.90. The summed E-state index contributed by atoms with van der Waals surface area (Å²) in [6.07, 6.45) is 0. The molecule has 0 aliphatic rings. The van der Waals surface area contributed by atoms with E-state index >= 15 is 0 Å². The monoisotopic (exact) mass is 262 g/mol. The molecule has 1 rings (SSSR count). The number of rotatable bonds is 2. The van der Waals surface area contributed by atoms with Crippen LogP contribution in [-0.4, -0.2) is 11.9 Å². The minimum atomic E-state index is -0.734. The molecule has 0 aliphatic heterocycles. The van der Waals surface area contributed by atoms with Crippen LogP contribution in [-0.2, 0) is 8.58 Å². The first kappa shape index (κ1) is 12.8. The summed E-state index contributed by atoms with van der Waals surface area (Å²) in [4.78, 5) is 22.6. The molecule has 0 N–H and O–H groups in total. The molecule has 0 aliphatic carbocycles. The van der Waals surface area contributed by atoms with Crippen molar-refractivity contribution in [2.45, 2.75) is 13.8 Å². The van der Waals surface area contributed by atoms with Gasteiger partial charge in [0.1, 0.15) is 23.7 Å². The van der Waals surface area contributed by atoms with Gasteiger partial charge in [-0.1, -0.05) is 6.07 Å². The van der Waals surface area contributed by atoms with Crippen molar-refractivity contribution in [3.63, 3.8) is 0 Å². The summed E-state index contributed by atoms with van der Waals surface area (Å²) in [5.41, 5.74) is 1.48. The quantitative estimate of drug-likeness (QED) is 0.823. The molecule has 4 nitrogen and oxygen atoms in total. The smallest absolute Gasteiger partial charge is 0.343 e. The normalized spacial score (nSPS) is 9.75. The fraction of sp³-hybridized carbons (Fsp3) is 0.200. The summed E-state index contributed by atoms with van der Waals surface area (Å²) in [7, 11) is 0. The Morgan fingerprint density at radius 2 is 1.62 bits per heavy atom. The Hall–Kier alpha value is -1.26. The molecule has 0 saturated carbocycles. The van der Waals surface area contributed by atoms with Crippen molar-refractivity contribution < 1.29 is 18.2 Å². The van der Waals surface area contributed by atoms with Crippen LogP contribution >= 0.6 is 23.7 Å². The number of carbonyl (C=O) groups is 2. The second kappa shape index (κ2) is 5.18. The number of carbonyl (C=O) groups excluding carboxylic acids is 2. The average molecular weight is 263 g/mol. The van der Waals surface area contributed by atoms with Crippen molar-refractivity contribution >= 4 is 35.7 Å². The van der Waals surface area contributed by atoms with Crippen LogP contribution in [0.5, 0.6) is 0 Å². The standard InChI is InChI=1S/C10H8Cl2O4/c1-5-3-4-7(9(13)15-11)6(2)8(5)10(14)16-12/h3-4H,1-2H3. The maximum atomic E-state index is 11.4. The van der Waals surface area contributed by atoms with E-state index < -0.39 is 11.9 Å². The maximum absolute atomic E-state index is 11.4. The van der Waals surface area contributed by atoms with Gasteiger partial charge in [-0.3, -0.25) is 0 Å². The molecule has 16 heavy (non-hydrogen) atoms. The highest BCUT2D eigenvalue weighted by Crippen LogP contribution is 2.20. The number of benzene rings is 1. The lowest BCUT2D eigenvalue weighted by molar-refractivity contribution is 0.0749.